The van der Waals surface area contributed by atoms with E-state index in [-0.39, 0.29) is 18.4 Å². The lowest BCUT2D eigenvalue weighted by atomic mass is 10.3. The SMILES string of the molecule is CC(=O)N(C)c1ccc(OCC(=O)Nc2ccc(Cl)cc2Cl)cc1. The molecule has 0 spiro atoms. The predicted octanol–water partition coefficient (Wildman–Crippen LogP) is 3.99. The van der Waals surface area contributed by atoms with Crippen molar-refractivity contribution in [3.63, 3.8) is 0 Å². The van der Waals surface area contributed by atoms with Crippen LogP contribution in [0.15, 0.2) is 42.5 Å². The predicted molar refractivity (Wildman–Crippen MR) is 96.1 cm³/mol. The van der Waals surface area contributed by atoms with Crippen molar-refractivity contribution in [2.45, 2.75) is 6.92 Å². The number of hydrogen-bond acceptors (Lipinski definition) is 3. The molecule has 2 rings (SSSR count). The van der Waals surface area contributed by atoms with Crippen molar-refractivity contribution in [3.8, 4) is 5.75 Å². The zero-order valence-electron chi connectivity index (χ0n) is 13.2. The molecule has 2 amide bonds. The van der Waals surface area contributed by atoms with Crippen molar-refractivity contribution in [2.75, 3.05) is 23.9 Å². The van der Waals surface area contributed by atoms with Crippen LogP contribution in [0, 0.1) is 0 Å². The maximum Gasteiger partial charge on any atom is 0.262 e. The summed E-state index contributed by atoms with van der Waals surface area (Å²) in [7, 11) is 1.68. The molecular formula is C17H16Cl2N2O3. The van der Waals surface area contributed by atoms with E-state index in [1.807, 2.05) is 0 Å². The Balaban J connectivity index is 1.90. The largest absolute Gasteiger partial charge is 0.484 e. The molecule has 0 radical (unpaired) electrons. The number of nitrogens with zero attached hydrogens (tertiary/aromatic N) is 1. The third kappa shape index (κ3) is 4.88. The average molecular weight is 367 g/mol. The Morgan fingerprint density at radius 1 is 1.12 bits per heavy atom. The Hall–Kier alpha value is -2.24. The fraction of sp³-hybridized carbons (Fsp3) is 0.176. The molecule has 2 aromatic carbocycles. The summed E-state index contributed by atoms with van der Waals surface area (Å²) < 4.78 is 5.41. The lowest BCUT2D eigenvalue weighted by molar-refractivity contribution is -0.118. The first-order chi connectivity index (χ1) is 11.4. The third-order valence-corrected chi connectivity index (χ3v) is 3.82. The zero-order valence-corrected chi connectivity index (χ0v) is 14.7. The smallest absolute Gasteiger partial charge is 0.262 e. The van der Waals surface area contributed by atoms with Gasteiger partial charge in [-0.1, -0.05) is 23.2 Å². The molecule has 24 heavy (non-hydrogen) atoms. The number of anilines is 2. The standard InChI is InChI=1S/C17H16Cl2N2O3/c1-11(22)21(2)13-4-6-14(7-5-13)24-10-17(23)20-16-8-3-12(18)9-15(16)19/h3-9H,10H2,1-2H3,(H,20,23). The molecule has 7 heteroatoms. The number of ether oxygens (including phenoxy) is 1. The molecule has 0 heterocycles. The van der Waals surface area contributed by atoms with Crippen molar-refractivity contribution < 1.29 is 14.3 Å². The van der Waals surface area contributed by atoms with Gasteiger partial charge in [0.05, 0.1) is 10.7 Å². The second-order valence-electron chi connectivity index (χ2n) is 5.03. The van der Waals surface area contributed by atoms with Crippen LogP contribution < -0.4 is 15.0 Å². The fourth-order valence-electron chi connectivity index (χ4n) is 1.87. The second kappa shape index (κ2) is 8.04. The summed E-state index contributed by atoms with van der Waals surface area (Å²) in [6, 6.07) is 11.7. The number of carbonyl (C=O) groups is 2. The van der Waals surface area contributed by atoms with E-state index in [0.717, 1.165) is 5.69 Å². The first-order valence-corrected chi connectivity index (χ1v) is 7.84. The van der Waals surface area contributed by atoms with Gasteiger partial charge >= 0.3 is 0 Å². The minimum absolute atomic E-state index is 0.0668. The molecule has 0 bridgehead atoms. The van der Waals surface area contributed by atoms with Crippen LogP contribution in [0.1, 0.15) is 6.92 Å². The van der Waals surface area contributed by atoms with E-state index in [1.165, 1.54) is 11.8 Å². The molecule has 0 atom stereocenters. The molecule has 5 nitrogen and oxygen atoms in total. The Bertz CT molecular complexity index is 748. The molecule has 0 aliphatic rings. The molecule has 0 saturated heterocycles. The van der Waals surface area contributed by atoms with E-state index >= 15 is 0 Å². The normalized spacial score (nSPS) is 10.2. The van der Waals surface area contributed by atoms with E-state index in [1.54, 1.807) is 49.5 Å². The maximum absolute atomic E-state index is 11.9. The molecule has 0 fully saturated rings. The van der Waals surface area contributed by atoms with Gasteiger partial charge in [-0.05, 0) is 42.5 Å². The first kappa shape index (κ1) is 18.1. The van der Waals surface area contributed by atoms with Crippen LogP contribution in [0.4, 0.5) is 11.4 Å². The Labute approximate surface area is 150 Å². The highest BCUT2D eigenvalue weighted by molar-refractivity contribution is 6.36. The summed E-state index contributed by atoms with van der Waals surface area (Å²) in [6.45, 7) is 1.32. The maximum atomic E-state index is 11.9. The van der Waals surface area contributed by atoms with E-state index in [4.69, 9.17) is 27.9 Å². The summed E-state index contributed by atoms with van der Waals surface area (Å²) in [5, 5.41) is 3.49. The topological polar surface area (TPSA) is 58.6 Å². The van der Waals surface area contributed by atoms with Crippen LogP contribution >= 0.6 is 23.2 Å². The number of hydrogen-bond donors (Lipinski definition) is 1. The van der Waals surface area contributed by atoms with E-state index < -0.39 is 0 Å². The summed E-state index contributed by atoms with van der Waals surface area (Å²) >= 11 is 11.8. The summed E-state index contributed by atoms with van der Waals surface area (Å²) in [5.41, 5.74) is 1.21. The van der Waals surface area contributed by atoms with Crippen LogP contribution in [0.3, 0.4) is 0 Å². The van der Waals surface area contributed by atoms with Gasteiger partial charge in [0.1, 0.15) is 5.75 Å². The number of carbonyl (C=O) groups excluding carboxylic acids is 2. The summed E-state index contributed by atoms with van der Waals surface area (Å²) in [5.74, 6) is 0.111. The van der Waals surface area contributed by atoms with Gasteiger partial charge in [0.25, 0.3) is 5.91 Å². The van der Waals surface area contributed by atoms with Crippen molar-refractivity contribution in [1.29, 1.82) is 0 Å². The molecule has 0 aliphatic carbocycles. The zero-order chi connectivity index (χ0) is 17.7. The number of benzene rings is 2. The third-order valence-electron chi connectivity index (χ3n) is 3.27. The molecule has 0 unspecified atom stereocenters. The van der Waals surface area contributed by atoms with E-state index in [0.29, 0.717) is 21.5 Å². The molecule has 126 valence electrons. The van der Waals surface area contributed by atoms with E-state index in [9.17, 15) is 9.59 Å². The Morgan fingerprint density at radius 3 is 2.38 bits per heavy atom. The average Bonchev–Trinajstić information content (AvgIpc) is 2.55. The van der Waals surface area contributed by atoms with Gasteiger partial charge in [0.15, 0.2) is 6.61 Å². The van der Waals surface area contributed by atoms with Gasteiger partial charge in [0.2, 0.25) is 5.91 Å². The van der Waals surface area contributed by atoms with Crippen molar-refractivity contribution in [1.82, 2.24) is 0 Å². The van der Waals surface area contributed by atoms with Gasteiger partial charge in [0, 0.05) is 24.7 Å². The van der Waals surface area contributed by atoms with E-state index in [2.05, 4.69) is 5.32 Å². The van der Waals surface area contributed by atoms with Crippen LogP contribution in [0.5, 0.6) is 5.75 Å². The van der Waals surface area contributed by atoms with Gasteiger partial charge < -0.3 is 15.0 Å². The minimum atomic E-state index is -0.343. The highest BCUT2D eigenvalue weighted by Crippen LogP contribution is 2.25. The van der Waals surface area contributed by atoms with Crippen LogP contribution in [-0.4, -0.2) is 25.5 Å². The van der Waals surface area contributed by atoms with Crippen LogP contribution in [-0.2, 0) is 9.59 Å². The lowest BCUT2D eigenvalue weighted by Gasteiger charge is -2.15. The first-order valence-electron chi connectivity index (χ1n) is 7.09. The minimum Gasteiger partial charge on any atom is -0.484 e. The van der Waals surface area contributed by atoms with Crippen molar-refractivity contribution in [2.24, 2.45) is 0 Å². The molecule has 0 saturated carbocycles. The second-order valence-corrected chi connectivity index (χ2v) is 5.88. The summed E-state index contributed by atoms with van der Waals surface area (Å²) in [6.07, 6.45) is 0. The van der Waals surface area contributed by atoms with Gasteiger partial charge in [-0.3, -0.25) is 9.59 Å². The number of nitrogens with one attached hydrogen (secondary N) is 1. The summed E-state index contributed by atoms with van der Waals surface area (Å²) in [4.78, 5) is 24.7. The van der Waals surface area contributed by atoms with Crippen LogP contribution in [0.25, 0.3) is 0 Å². The van der Waals surface area contributed by atoms with Crippen molar-refractivity contribution in [3.05, 3.63) is 52.5 Å². The van der Waals surface area contributed by atoms with Gasteiger partial charge in [-0.2, -0.15) is 0 Å². The molecule has 1 N–H and O–H groups in total. The number of halogens is 2. The Kier molecular flexibility index (Phi) is 6.06. The highest BCUT2D eigenvalue weighted by Gasteiger charge is 2.08. The van der Waals surface area contributed by atoms with Gasteiger partial charge in [-0.25, -0.2) is 0 Å². The molecule has 0 aromatic heterocycles. The number of amides is 2. The quantitative estimate of drug-likeness (QED) is 0.869. The Morgan fingerprint density at radius 2 is 1.79 bits per heavy atom. The number of rotatable bonds is 5. The molecular weight excluding hydrogens is 351 g/mol. The lowest BCUT2D eigenvalue weighted by Crippen LogP contribution is -2.22. The van der Waals surface area contributed by atoms with Gasteiger partial charge in [-0.15, -0.1) is 0 Å². The highest BCUT2D eigenvalue weighted by atomic mass is 35.5. The van der Waals surface area contributed by atoms with Crippen molar-refractivity contribution >= 4 is 46.4 Å². The monoisotopic (exact) mass is 366 g/mol. The molecule has 0 aliphatic heterocycles. The fourth-order valence-corrected chi connectivity index (χ4v) is 2.33. The molecule has 2 aromatic rings. The van der Waals surface area contributed by atoms with Crippen LogP contribution in [0.2, 0.25) is 10.0 Å².